The molecule has 0 bridgehead atoms. The number of hydrogen-bond donors (Lipinski definition) is 1. The van der Waals surface area contributed by atoms with Crippen LogP contribution in [0.1, 0.15) is 19.3 Å². The number of alkyl halides is 5. The van der Waals surface area contributed by atoms with Gasteiger partial charge in [0.25, 0.3) is 5.91 Å². The van der Waals surface area contributed by atoms with Gasteiger partial charge in [-0.25, -0.2) is 0 Å². The first-order valence-electron chi connectivity index (χ1n) is 9.61. The van der Waals surface area contributed by atoms with Gasteiger partial charge < -0.3 is 15.0 Å². The van der Waals surface area contributed by atoms with Crippen molar-refractivity contribution in [1.82, 2.24) is 4.90 Å². The molecule has 11 heteroatoms. The van der Waals surface area contributed by atoms with Gasteiger partial charge in [-0.1, -0.05) is 35.9 Å². The monoisotopic (exact) mass is 476 g/mol. The largest absolute Gasteiger partial charge is 0.573 e. The van der Waals surface area contributed by atoms with Crippen molar-refractivity contribution in [1.29, 1.82) is 0 Å². The molecular weight excluding hydrogens is 459 g/mol. The Morgan fingerprint density at radius 3 is 2.47 bits per heavy atom. The number of benzene rings is 2. The predicted octanol–water partition coefficient (Wildman–Crippen LogP) is 5.49. The number of piperidine rings is 1. The number of ether oxygens (including phenoxy) is 1. The minimum atomic E-state index is -4.89. The smallest absolute Gasteiger partial charge is 0.405 e. The van der Waals surface area contributed by atoms with Crippen molar-refractivity contribution in [3.05, 3.63) is 47.5 Å². The van der Waals surface area contributed by atoms with E-state index in [-0.39, 0.29) is 34.8 Å². The van der Waals surface area contributed by atoms with E-state index in [2.05, 4.69) is 10.1 Å². The quantitative estimate of drug-likeness (QED) is 0.580. The minimum absolute atomic E-state index is 0.0326. The number of amides is 2. The van der Waals surface area contributed by atoms with Gasteiger partial charge in [0.15, 0.2) is 0 Å². The molecule has 1 unspecified atom stereocenters. The zero-order chi connectivity index (χ0) is 23.5. The van der Waals surface area contributed by atoms with E-state index in [0.29, 0.717) is 12.8 Å². The molecule has 3 rings (SSSR count). The van der Waals surface area contributed by atoms with Gasteiger partial charge in [0, 0.05) is 23.4 Å². The molecule has 1 aliphatic rings. The Morgan fingerprint density at radius 1 is 1.09 bits per heavy atom. The standard InChI is InChI=1S/C21H18ClF5N2O3/c22-15-11-12(28-19(30)16-6-3-4-10-29(16)20(31)18(23)24)8-9-13(15)14-5-1-2-7-17(14)32-21(25,26)27/h1-2,5,7-9,11,16,18H,3-4,6,10H2,(H,28,30). The molecule has 32 heavy (non-hydrogen) atoms. The van der Waals surface area contributed by atoms with E-state index < -0.39 is 36.4 Å². The van der Waals surface area contributed by atoms with Crippen LogP contribution in [0.5, 0.6) is 5.75 Å². The first-order chi connectivity index (χ1) is 15.1. The van der Waals surface area contributed by atoms with E-state index in [4.69, 9.17) is 11.6 Å². The fraction of sp³-hybridized carbons (Fsp3) is 0.333. The van der Waals surface area contributed by atoms with Crippen LogP contribution in [0.15, 0.2) is 42.5 Å². The number of carbonyl (C=O) groups is 2. The van der Waals surface area contributed by atoms with Crippen LogP contribution in [0.2, 0.25) is 5.02 Å². The van der Waals surface area contributed by atoms with E-state index in [9.17, 15) is 31.5 Å². The number of nitrogens with zero attached hydrogens (tertiary/aromatic N) is 1. The lowest BCUT2D eigenvalue weighted by Crippen LogP contribution is -2.51. The molecule has 1 aliphatic heterocycles. The summed E-state index contributed by atoms with van der Waals surface area (Å²) in [7, 11) is 0. The summed E-state index contributed by atoms with van der Waals surface area (Å²) in [5, 5.41) is 2.57. The zero-order valence-electron chi connectivity index (χ0n) is 16.5. The highest BCUT2D eigenvalue weighted by Crippen LogP contribution is 2.38. The molecule has 2 amide bonds. The van der Waals surface area contributed by atoms with Gasteiger partial charge >= 0.3 is 12.8 Å². The van der Waals surface area contributed by atoms with Crippen molar-refractivity contribution < 1.29 is 36.3 Å². The van der Waals surface area contributed by atoms with Crippen molar-refractivity contribution in [2.24, 2.45) is 0 Å². The second kappa shape index (κ2) is 9.72. The summed E-state index contributed by atoms with van der Waals surface area (Å²) in [4.78, 5) is 25.2. The van der Waals surface area contributed by atoms with Gasteiger partial charge in [0.2, 0.25) is 5.91 Å². The van der Waals surface area contributed by atoms with E-state index in [1.54, 1.807) is 0 Å². The van der Waals surface area contributed by atoms with Crippen molar-refractivity contribution in [2.75, 3.05) is 11.9 Å². The Morgan fingerprint density at radius 2 is 1.81 bits per heavy atom. The summed E-state index contributed by atoms with van der Waals surface area (Å²) in [5.74, 6) is -2.50. The molecule has 0 radical (unpaired) electrons. The third kappa shape index (κ3) is 5.67. The molecule has 5 nitrogen and oxygen atoms in total. The summed E-state index contributed by atoms with van der Waals surface area (Å²) < 4.78 is 67.8. The lowest BCUT2D eigenvalue weighted by molar-refractivity contribution is -0.274. The predicted molar refractivity (Wildman–Crippen MR) is 108 cm³/mol. The van der Waals surface area contributed by atoms with Crippen molar-refractivity contribution in [3.8, 4) is 16.9 Å². The van der Waals surface area contributed by atoms with Crippen LogP contribution in [-0.2, 0) is 9.59 Å². The van der Waals surface area contributed by atoms with Crippen LogP contribution in [0.25, 0.3) is 11.1 Å². The average Bonchev–Trinajstić information content (AvgIpc) is 2.73. The number of nitrogens with one attached hydrogen (secondary N) is 1. The number of carbonyl (C=O) groups excluding carboxylic acids is 2. The maximum absolute atomic E-state index is 12.8. The van der Waals surface area contributed by atoms with Crippen LogP contribution in [0.4, 0.5) is 27.6 Å². The van der Waals surface area contributed by atoms with Crippen LogP contribution in [0, 0.1) is 0 Å². The Balaban J connectivity index is 1.80. The first kappa shape index (κ1) is 23.8. The molecule has 1 atom stereocenters. The highest BCUT2D eigenvalue weighted by atomic mass is 35.5. The van der Waals surface area contributed by atoms with Gasteiger partial charge in [-0.2, -0.15) is 8.78 Å². The van der Waals surface area contributed by atoms with Crippen LogP contribution in [-0.4, -0.2) is 42.1 Å². The zero-order valence-corrected chi connectivity index (χ0v) is 17.2. The number of para-hydroxylation sites is 1. The fourth-order valence-corrected chi connectivity index (χ4v) is 3.82. The molecule has 1 N–H and O–H groups in total. The maximum Gasteiger partial charge on any atom is 0.573 e. The fourth-order valence-electron chi connectivity index (χ4n) is 3.53. The number of hydrogen-bond acceptors (Lipinski definition) is 3. The number of halogens is 6. The summed E-state index contributed by atoms with van der Waals surface area (Å²) >= 11 is 6.25. The number of anilines is 1. The third-order valence-electron chi connectivity index (χ3n) is 4.91. The van der Waals surface area contributed by atoms with Gasteiger partial charge in [0.05, 0.1) is 5.02 Å². The Kier molecular flexibility index (Phi) is 7.22. The molecule has 0 aromatic heterocycles. The Labute approximate surface area is 185 Å². The molecule has 1 heterocycles. The lowest BCUT2D eigenvalue weighted by atomic mass is 10.0. The first-order valence-corrected chi connectivity index (χ1v) is 9.99. The summed E-state index contributed by atoms with van der Waals surface area (Å²) in [6, 6.07) is 8.52. The lowest BCUT2D eigenvalue weighted by Gasteiger charge is -2.34. The molecular formula is C21H18ClF5N2O3. The topological polar surface area (TPSA) is 58.6 Å². The second-order valence-corrected chi connectivity index (χ2v) is 7.48. The van der Waals surface area contributed by atoms with E-state index in [0.717, 1.165) is 11.0 Å². The Bertz CT molecular complexity index is 1000. The second-order valence-electron chi connectivity index (χ2n) is 7.07. The van der Waals surface area contributed by atoms with Gasteiger partial charge in [-0.15, -0.1) is 13.2 Å². The maximum atomic E-state index is 12.8. The van der Waals surface area contributed by atoms with Crippen molar-refractivity contribution in [2.45, 2.75) is 38.1 Å². The SMILES string of the molecule is O=C(Nc1ccc(-c2ccccc2OC(F)(F)F)c(Cl)c1)C1CCCCN1C(=O)C(F)F. The summed E-state index contributed by atoms with van der Waals surface area (Å²) in [5.41, 5.74) is 0.526. The minimum Gasteiger partial charge on any atom is -0.405 e. The van der Waals surface area contributed by atoms with Gasteiger partial charge in [-0.05, 0) is 37.5 Å². The van der Waals surface area contributed by atoms with E-state index in [1.165, 1.54) is 36.4 Å². The molecule has 0 saturated carbocycles. The van der Waals surface area contributed by atoms with Crippen molar-refractivity contribution in [3.63, 3.8) is 0 Å². The highest BCUT2D eigenvalue weighted by molar-refractivity contribution is 6.33. The highest BCUT2D eigenvalue weighted by Gasteiger charge is 2.36. The van der Waals surface area contributed by atoms with E-state index >= 15 is 0 Å². The van der Waals surface area contributed by atoms with E-state index in [1.807, 2.05) is 0 Å². The number of rotatable bonds is 5. The normalized spacial score (nSPS) is 16.7. The van der Waals surface area contributed by atoms with Crippen LogP contribution in [0.3, 0.4) is 0 Å². The number of likely N-dealkylation sites (tertiary alicyclic amines) is 1. The molecule has 1 saturated heterocycles. The third-order valence-corrected chi connectivity index (χ3v) is 5.23. The molecule has 2 aromatic carbocycles. The van der Waals surface area contributed by atoms with Gasteiger partial charge in [0.1, 0.15) is 11.8 Å². The summed E-state index contributed by atoms with van der Waals surface area (Å²) in [6.07, 6.45) is -6.75. The van der Waals surface area contributed by atoms with Crippen molar-refractivity contribution >= 4 is 29.1 Å². The Hall–Kier alpha value is -2.88. The molecule has 0 aliphatic carbocycles. The van der Waals surface area contributed by atoms with Crippen LogP contribution >= 0.6 is 11.6 Å². The molecule has 1 fully saturated rings. The molecule has 2 aromatic rings. The molecule has 172 valence electrons. The molecule has 0 spiro atoms. The summed E-state index contributed by atoms with van der Waals surface area (Å²) in [6.45, 7) is 0.0525. The van der Waals surface area contributed by atoms with Crippen LogP contribution < -0.4 is 10.1 Å². The average molecular weight is 477 g/mol. The van der Waals surface area contributed by atoms with Gasteiger partial charge in [-0.3, -0.25) is 9.59 Å².